The van der Waals surface area contributed by atoms with Gasteiger partial charge in [0, 0.05) is 0 Å². The number of hydrogen-bond donors (Lipinski definition) is 16. The normalized spacial score (nSPS) is 55.4. The average molecular weight is 1280 g/mol. The van der Waals surface area contributed by atoms with Gasteiger partial charge in [-0.1, -0.05) is 55.4 Å². The van der Waals surface area contributed by atoms with Gasteiger partial charge in [-0.25, -0.2) is 0 Å². The minimum Gasteiger partial charge on any atom is -0.387 e. The molecular weight excluding hydrogens is 1180 g/mol. The van der Waals surface area contributed by atoms with E-state index in [2.05, 4.69) is 0 Å². The molecule has 0 aromatic rings. The molecule has 40 atom stereocenters. The summed E-state index contributed by atoms with van der Waals surface area (Å²) < 4.78 is 97.9. The van der Waals surface area contributed by atoms with Crippen LogP contribution in [0.15, 0.2) is 0 Å². The second-order valence-electron chi connectivity index (χ2n) is 24.3. The van der Waals surface area contributed by atoms with Crippen molar-refractivity contribution in [2.75, 3.05) is 0 Å². The Bertz CT molecular complexity index is 1700. The molecule has 0 aliphatic carbocycles. The van der Waals surface area contributed by atoms with Crippen molar-refractivity contribution in [3.63, 3.8) is 0 Å². The predicted octanol–water partition coefficient (Wildman–Crippen LogP) is -6.06. The fraction of sp³-hybridized carbons (Fsp3) is 1.00. The van der Waals surface area contributed by atoms with E-state index < -0.39 is 246 Å². The first-order valence-electron chi connectivity index (χ1n) is 31.3. The summed E-state index contributed by atoms with van der Waals surface area (Å²) in [5.41, 5.74) is 0. The third-order valence-corrected chi connectivity index (χ3v) is 18.7. The Hall–Kier alpha value is -1.28. The minimum absolute atomic E-state index is 0.0886. The number of aliphatic hydroxyl groups excluding tert-OH is 16. The maximum Gasteiger partial charge on any atom is 0.187 e. The maximum atomic E-state index is 11.7. The Kier molecular flexibility index (Phi) is 24.4. The van der Waals surface area contributed by atoms with E-state index in [1.165, 1.54) is 0 Å². The van der Waals surface area contributed by atoms with Crippen LogP contribution >= 0.6 is 0 Å². The summed E-state index contributed by atoms with van der Waals surface area (Å²) in [6, 6.07) is 0. The van der Waals surface area contributed by atoms with E-state index in [-0.39, 0.29) is 51.4 Å². The van der Waals surface area contributed by atoms with Crippen LogP contribution < -0.4 is 0 Å². The van der Waals surface area contributed by atoms with Crippen LogP contribution in [0.25, 0.3) is 0 Å². The summed E-state index contributed by atoms with van der Waals surface area (Å²) >= 11 is 0. The fourth-order valence-corrected chi connectivity index (χ4v) is 13.4. The molecule has 88 heavy (non-hydrogen) atoms. The lowest BCUT2D eigenvalue weighted by atomic mass is 9.93. The fourth-order valence-electron chi connectivity index (χ4n) is 13.4. The van der Waals surface area contributed by atoms with Gasteiger partial charge in [0.05, 0.1) is 48.8 Å². The van der Waals surface area contributed by atoms with Crippen LogP contribution in [-0.2, 0) is 75.8 Å². The highest BCUT2D eigenvalue weighted by Gasteiger charge is 2.60. The van der Waals surface area contributed by atoms with Gasteiger partial charge in [-0.3, -0.25) is 0 Å². The zero-order valence-corrected chi connectivity index (χ0v) is 50.4. The van der Waals surface area contributed by atoms with Gasteiger partial charge in [-0.05, 0) is 51.4 Å². The molecule has 0 unspecified atom stereocenters. The van der Waals surface area contributed by atoms with Crippen LogP contribution in [0.1, 0.15) is 107 Å². The highest BCUT2D eigenvalue weighted by atomic mass is 16.8. The summed E-state index contributed by atoms with van der Waals surface area (Å²) in [6.45, 7) is 13.2. The lowest BCUT2D eigenvalue weighted by Gasteiger charge is -2.51. The summed E-state index contributed by atoms with van der Waals surface area (Å²) in [7, 11) is 0. The van der Waals surface area contributed by atoms with Gasteiger partial charge in [0.2, 0.25) is 0 Å². The quantitative estimate of drug-likeness (QED) is 0.108. The van der Waals surface area contributed by atoms with Crippen LogP contribution in [0.5, 0.6) is 0 Å². The molecule has 32 nitrogen and oxygen atoms in total. The monoisotopic (exact) mass is 1280 g/mol. The van der Waals surface area contributed by atoms with Gasteiger partial charge < -0.3 is 157 Å². The first-order valence-corrected chi connectivity index (χ1v) is 31.3. The van der Waals surface area contributed by atoms with Crippen LogP contribution in [0.3, 0.4) is 0 Å². The molecule has 0 spiro atoms. The molecule has 0 amide bonds. The van der Waals surface area contributed by atoms with E-state index >= 15 is 0 Å². The number of hydrogen-bond acceptors (Lipinski definition) is 32. The standard InChI is InChI=1S/C56H96O32/c1-9-17-41-25(57)33(65)49(73-17)82-42-18(10-2)75-51(35(67)27(42)59)84-44-20(12-4)77-53(37(69)29(44)61)86-46-22(14-6)79-55(39(71)31(46)63)88-48-24(16-8)80-56(40(72)32(48)64)87-47-23(15-7)78-54(38(70)30(47)62)85-45-21(13-5)76-52(36(68)28(45)60)83-43-19(11-3)74-50(81-41)34(66)26(43)58/h17-72H,9-16H2,1-8H3/t17-,18-,19-,20-,21-,22-,23-,24-,25-,26-,27-,28-,29-,30-,31-,32-,33-,34-,35-,36-,37-,38-,39-,40-,41-,42-,43-,44-,45-,46-,47-,48-,49-,50-,51-,52-,53-,54-,55-,56-/m1/s1. The van der Waals surface area contributed by atoms with Crippen molar-refractivity contribution in [2.24, 2.45) is 0 Å². The Labute approximate surface area is 508 Å². The van der Waals surface area contributed by atoms with E-state index in [0.717, 1.165) is 0 Å². The summed E-state index contributed by atoms with van der Waals surface area (Å²) in [5.74, 6) is 0. The molecule has 30 aliphatic heterocycles. The summed E-state index contributed by atoms with van der Waals surface area (Å²) in [6.07, 6.45) is -63.7. The molecular formula is C56H96O32. The Morgan fingerprint density at radius 3 is 0.318 bits per heavy atom. The van der Waals surface area contributed by atoms with Crippen LogP contribution in [0, 0.1) is 0 Å². The molecule has 0 radical (unpaired) electrons. The maximum absolute atomic E-state index is 11.7. The third-order valence-electron chi connectivity index (χ3n) is 18.7. The number of rotatable bonds is 8. The molecule has 30 heterocycles. The molecule has 0 aromatic carbocycles. The third kappa shape index (κ3) is 13.9. The highest BCUT2D eigenvalue weighted by molar-refractivity contribution is 5.02. The average Bonchev–Trinajstić information content (AvgIpc) is 1.09. The SMILES string of the molecule is CC[C@H]1O[C@@H]2O[C@H]3[C@H](O)[C@@H](O)[C@@H](O[C@H]4[C@H](O)[C@@H](O)[C@@H](O[C@H]5[C@H](O)[C@@H](O)[C@@H](O[C@H]6[C@H](O)[C@@H](O)[C@@H](O[C@H]7[C@H](O)[C@@H](O)[C@@H](O[C@H]8[C@H](O)[C@@H](O)[C@@H](O[C@H]9[C@H](O)[C@@H](O)[C@@H](O[C@H]1[C@H](O)[C@H]2O)O[C@@H]9CC)O[C@@H]8CC)O[C@@H]7CC)O[C@@H]6CC)O[C@@H]5CC)O[C@@H]4CC)O[C@@H]3CC. The summed E-state index contributed by atoms with van der Waals surface area (Å²) in [4.78, 5) is 0. The van der Waals surface area contributed by atoms with Crippen molar-refractivity contribution in [1.82, 2.24) is 0 Å². The smallest absolute Gasteiger partial charge is 0.187 e. The molecule has 0 saturated carbocycles. The number of ether oxygens (including phenoxy) is 16. The van der Waals surface area contributed by atoms with E-state index in [4.69, 9.17) is 75.8 Å². The zero-order chi connectivity index (χ0) is 64.1. The van der Waals surface area contributed by atoms with Gasteiger partial charge in [0.1, 0.15) is 146 Å². The Balaban J connectivity index is 0.975. The molecule has 30 saturated heterocycles. The first kappa shape index (κ1) is 71.0. The minimum atomic E-state index is -1.92. The van der Waals surface area contributed by atoms with Crippen molar-refractivity contribution >= 4 is 0 Å². The van der Waals surface area contributed by atoms with Crippen molar-refractivity contribution in [1.29, 1.82) is 0 Å². The number of aliphatic hydroxyl groups is 16. The van der Waals surface area contributed by atoms with Gasteiger partial charge in [-0.15, -0.1) is 0 Å². The first-order chi connectivity index (χ1) is 41.9. The van der Waals surface area contributed by atoms with Crippen molar-refractivity contribution in [3.8, 4) is 0 Å². The molecule has 16 N–H and O–H groups in total. The van der Waals surface area contributed by atoms with E-state index in [9.17, 15) is 81.7 Å². The molecule has 32 heteroatoms. The lowest BCUT2D eigenvalue weighted by molar-refractivity contribution is -0.401. The van der Waals surface area contributed by atoms with Crippen molar-refractivity contribution in [2.45, 2.75) is 352 Å². The molecule has 16 bridgehead atoms. The molecule has 0 aromatic heterocycles. The van der Waals surface area contributed by atoms with Gasteiger partial charge in [-0.2, -0.15) is 0 Å². The van der Waals surface area contributed by atoms with E-state index in [1.54, 1.807) is 55.4 Å². The topological polar surface area (TPSA) is 471 Å². The van der Waals surface area contributed by atoms with Gasteiger partial charge in [0.25, 0.3) is 0 Å². The van der Waals surface area contributed by atoms with Crippen LogP contribution in [0.4, 0.5) is 0 Å². The second-order valence-corrected chi connectivity index (χ2v) is 24.3. The Morgan fingerprint density at radius 1 is 0.148 bits per heavy atom. The van der Waals surface area contributed by atoms with E-state index in [1.807, 2.05) is 0 Å². The summed E-state index contributed by atoms with van der Waals surface area (Å²) in [5, 5.41) is 186. The predicted molar refractivity (Wildman–Crippen MR) is 287 cm³/mol. The highest BCUT2D eigenvalue weighted by Crippen LogP contribution is 2.41. The van der Waals surface area contributed by atoms with E-state index in [0.29, 0.717) is 0 Å². The van der Waals surface area contributed by atoms with Gasteiger partial charge in [0.15, 0.2) is 50.3 Å². The van der Waals surface area contributed by atoms with Crippen LogP contribution in [0.2, 0.25) is 0 Å². The molecule has 30 aliphatic rings. The molecule has 512 valence electrons. The Morgan fingerprint density at radius 2 is 0.239 bits per heavy atom. The zero-order valence-electron chi connectivity index (χ0n) is 50.4. The molecule has 30 rings (SSSR count). The van der Waals surface area contributed by atoms with Crippen LogP contribution in [-0.4, -0.2) is 327 Å². The van der Waals surface area contributed by atoms with Crippen molar-refractivity contribution < 1.29 is 157 Å². The second kappa shape index (κ2) is 30.2. The largest absolute Gasteiger partial charge is 0.387 e. The lowest BCUT2D eigenvalue weighted by Crippen LogP contribution is -2.68. The van der Waals surface area contributed by atoms with Gasteiger partial charge >= 0.3 is 0 Å². The van der Waals surface area contributed by atoms with Crippen molar-refractivity contribution in [3.05, 3.63) is 0 Å². The molecule has 30 fully saturated rings.